The van der Waals surface area contributed by atoms with Crippen molar-refractivity contribution >= 4 is 5.95 Å². The molecule has 0 aliphatic rings. The molecule has 10 heteroatoms. The van der Waals surface area contributed by atoms with Gasteiger partial charge in [0.1, 0.15) is 11.4 Å². The van der Waals surface area contributed by atoms with Gasteiger partial charge in [-0.2, -0.15) is 19.0 Å². The fourth-order valence-electron chi connectivity index (χ4n) is 2.29. The number of nitrogens with two attached hydrogens (primary N) is 1. The van der Waals surface area contributed by atoms with Crippen LogP contribution in [-0.2, 0) is 6.54 Å². The average Bonchev–Trinajstić information content (AvgIpc) is 3.07. The Morgan fingerprint density at radius 2 is 2.22 bits per heavy atom. The molecule has 0 amide bonds. The molecule has 23 heavy (non-hydrogen) atoms. The van der Waals surface area contributed by atoms with Crippen molar-refractivity contribution in [2.75, 3.05) is 5.73 Å². The Balaban J connectivity index is 2.18. The van der Waals surface area contributed by atoms with Gasteiger partial charge in [-0.25, -0.2) is 9.67 Å². The van der Waals surface area contributed by atoms with Crippen LogP contribution in [-0.4, -0.2) is 29.5 Å². The summed E-state index contributed by atoms with van der Waals surface area (Å²) in [5, 5.41) is 7.95. The van der Waals surface area contributed by atoms with Gasteiger partial charge in [-0.05, 0) is 13.0 Å². The molecule has 3 aromatic heterocycles. The van der Waals surface area contributed by atoms with E-state index in [9.17, 15) is 13.6 Å². The molecule has 3 aromatic rings. The number of nitrogen functional groups attached to an aromatic ring is 1. The number of nitrogens with one attached hydrogen (secondary N) is 1. The van der Waals surface area contributed by atoms with Crippen molar-refractivity contribution in [3.63, 3.8) is 0 Å². The zero-order valence-electron chi connectivity index (χ0n) is 12.1. The van der Waals surface area contributed by atoms with Crippen molar-refractivity contribution in [3.8, 4) is 11.4 Å². The maximum atomic E-state index is 13.1. The number of nitrogens with zero attached hydrogens (tertiary/aromatic N) is 5. The fraction of sp³-hybridized carbons (Fsp3) is 0.231. The lowest BCUT2D eigenvalue weighted by Gasteiger charge is -2.05. The number of hydrogen-bond donors (Lipinski definition) is 2. The summed E-state index contributed by atoms with van der Waals surface area (Å²) in [4.78, 5) is 17.8. The number of hydrogen-bond acceptors (Lipinski definition) is 5. The van der Waals surface area contributed by atoms with Gasteiger partial charge in [0.2, 0.25) is 5.95 Å². The van der Waals surface area contributed by atoms with Crippen molar-refractivity contribution in [2.45, 2.75) is 20.0 Å². The van der Waals surface area contributed by atoms with E-state index >= 15 is 0 Å². The van der Waals surface area contributed by atoms with Gasteiger partial charge < -0.3 is 5.73 Å². The second kappa shape index (κ2) is 5.63. The predicted molar refractivity (Wildman–Crippen MR) is 77.8 cm³/mol. The van der Waals surface area contributed by atoms with E-state index in [0.29, 0.717) is 10.2 Å². The van der Waals surface area contributed by atoms with Gasteiger partial charge >= 0.3 is 6.55 Å². The Hall–Kier alpha value is -3.04. The van der Waals surface area contributed by atoms with Crippen molar-refractivity contribution in [3.05, 3.63) is 46.1 Å². The third-order valence-electron chi connectivity index (χ3n) is 3.34. The van der Waals surface area contributed by atoms with Crippen molar-refractivity contribution in [1.29, 1.82) is 0 Å². The van der Waals surface area contributed by atoms with E-state index in [1.54, 1.807) is 23.1 Å². The third-order valence-corrected chi connectivity index (χ3v) is 3.34. The normalized spacial score (nSPS) is 11.3. The molecule has 8 nitrogen and oxygen atoms in total. The molecule has 3 rings (SSSR count). The molecule has 0 aromatic carbocycles. The maximum absolute atomic E-state index is 13.1. The summed E-state index contributed by atoms with van der Waals surface area (Å²) < 4.78 is 28.4. The van der Waals surface area contributed by atoms with Gasteiger partial charge in [0.25, 0.3) is 5.56 Å². The standard InChI is InChI=1S/C13H13F2N7O/c1-7-8(6-21-4-2-3-17-21)11(20-22(7)12(14)15)9-5-10(23)19-13(16)18-9/h2-5,12H,6H2,1H3,(H3,16,18,19,23). The van der Waals surface area contributed by atoms with Gasteiger partial charge in [0, 0.05) is 29.7 Å². The zero-order chi connectivity index (χ0) is 16.6. The number of H-pyrrole nitrogens is 1. The minimum atomic E-state index is -2.81. The summed E-state index contributed by atoms with van der Waals surface area (Å²) in [6, 6.07) is 2.89. The fourth-order valence-corrected chi connectivity index (χ4v) is 2.29. The van der Waals surface area contributed by atoms with Crippen molar-refractivity contribution in [2.24, 2.45) is 0 Å². The quantitative estimate of drug-likeness (QED) is 0.750. The molecular formula is C13H13F2N7O. The lowest BCUT2D eigenvalue weighted by Crippen LogP contribution is -2.11. The molecule has 0 unspecified atom stereocenters. The second-order valence-electron chi connectivity index (χ2n) is 4.85. The molecule has 0 saturated carbocycles. The number of halogens is 2. The summed E-state index contributed by atoms with van der Waals surface area (Å²) in [6.45, 7) is -1.06. The van der Waals surface area contributed by atoms with E-state index in [4.69, 9.17) is 5.73 Å². The molecule has 3 heterocycles. The first-order valence-corrected chi connectivity index (χ1v) is 6.66. The molecule has 0 bridgehead atoms. The van der Waals surface area contributed by atoms with Crippen LogP contribution in [0.2, 0.25) is 0 Å². The van der Waals surface area contributed by atoms with E-state index in [1.165, 1.54) is 13.0 Å². The lowest BCUT2D eigenvalue weighted by atomic mass is 10.1. The molecule has 0 aliphatic heterocycles. The molecule has 3 N–H and O–H groups in total. The Morgan fingerprint density at radius 3 is 2.83 bits per heavy atom. The second-order valence-corrected chi connectivity index (χ2v) is 4.85. The number of aromatic amines is 1. The number of aromatic nitrogens is 6. The van der Waals surface area contributed by atoms with E-state index in [-0.39, 0.29) is 29.6 Å². The van der Waals surface area contributed by atoms with E-state index in [1.807, 2.05) is 0 Å². The van der Waals surface area contributed by atoms with Crippen LogP contribution >= 0.6 is 0 Å². The van der Waals surface area contributed by atoms with E-state index in [0.717, 1.165) is 0 Å². The average molecular weight is 321 g/mol. The highest BCUT2D eigenvalue weighted by Crippen LogP contribution is 2.27. The number of alkyl halides is 2. The highest BCUT2D eigenvalue weighted by molar-refractivity contribution is 5.60. The molecule has 0 fully saturated rings. The SMILES string of the molecule is Cc1c(Cn2cccn2)c(-c2cc(=O)[nH]c(N)n2)nn1C(F)F. The molecule has 0 aliphatic carbocycles. The molecule has 120 valence electrons. The predicted octanol–water partition coefficient (Wildman–Crippen LogP) is 1.16. The van der Waals surface area contributed by atoms with Crippen molar-refractivity contribution < 1.29 is 8.78 Å². The van der Waals surface area contributed by atoms with Gasteiger partial charge in [0.05, 0.1) is 6.54 Å². The molecule has 0 saturated heterocycles. The molecule has 0 radical (unpaired) electrons. The third kappa shape index (κ3) is 2.82. The highest BCUT2D eigenvalue weighted by atomic mass is 19.3. The first kappa shape index (κ1) is 14.9. The van der Waals surface area contributed by atoms with Gasteiger partial charge in [-0.3, -0.25) is 14.5 Å². The van der Waals surface area contributed by atoms with Crippen molar-refractivity contribution in [1.82, 2.24) is 29.5 Å². The first-order chi connectivity index (χ1) is 11.0. The van der Waals surface area contributed by atoms with E-state index < -0.39 is 12.1 Å². The molecular weight excluding hydrogens is 308 g/mol. The Bertz CT molecular complexity index is 882. The smallest absolute Gasteiger partial charge is 0.333 e. The van der Waals surface area contributed by atoms with Crippen LogP contribution in [0.4, 0.5) is 14.7 Å². The number of anilines is 1. The summed E-state index contributed by atoms with van der Waals surface area (Å²) in [5.41, 5.74) is 6.11. The first-order valence-electron chi connectivity index (χ1n) is 6.66. The maximum Gasteiger partial charge on any atom is 0.333 e. The highest BCUT2D eigenvalue weighted by Gasteiger charge is 2.22. The summed E-state index contributed by atoms with van der Waals surface area (Å²) in [6.07, 6.45) is 3.28. The van der Waals surface area contributed by atoms with Crippen LogP contribution in [0.25, 0.3) is 11.4 Å². The van der Waals surface area contributed by atoms with Crippen LogP contribution in [0.1, 0.15) is 17.8 Å². The molecule has 0 spiro atoms. The summed E-state index contributed by atoms with van der Waals surface area (Å²) >= 11 is 0. The van der Waals surface area contributed by atoms with Gasteiger partial charge in [-0.1, -0.05) is 0 Å². The number of rotatable bonds is 4. The largest absolute Gasteiger partial charge is 0.369 e. The van der Waals surface area contributed by atoms with Crippen LogP contribution in [0, 0.1) is 6.92 Å². The van der Waals surface area contributed by atoms with Gasteiger partial charge in [0.15, 0.2) is 0 Å². The Labute approximate surface area is 128 Å². The van der Waals surface area contributed by atoms with Crippen LogP contribution in [0.5, 0.6) is 0 Å². The minimum Gasteiger partial charge on any atom is -0.369 e. The van der Waals surface area contributed by atoms with Crippen LogP contribution in [0.3, 0.4) is 0 Å². The van der Waals surface area contributed by atoms with Crippen LogP contribution in [0.15, 0.2) is 29.3 Å². The lowest BCUT2D eigenvalue weighted by molar-refractivity contribution is 0.0545. The van der Waals surface area contributed by atoms with Crippen LogP contribution < -0.4 is 11.3 Å². The van der Waals surface area contributed by atoms with E-state index in [2.05, 4.69) is 20.2 Å². The molecule has 0 atom stereocenters. The summed E-state index contributed by atoms with van der Waals surface area (Å²) in [5.74, 6) is -0.109. The minimum absolute atomic E-state index is 0.109. The topological polar surface area (TPSA) is 107 Å². The monoisotopic (exact) mass is 321 g/mol. The summed E-state index contributed by atoms with van der Waals surface area (Å²) in [7, 11) is 0. The zero-order valence-corrected chi connectivity index (χ0v) is 12.1. The Kier molecular flexibility index (Phi) is 3.64. The Morgan fingerprint density at radius 1 is 1.43 bits per heavy atom. The van der Waals surface area contributed by atoms with Gasteiger partial charge in [-0.15, -0.1) is 0 Å².